The second-order valence-electron chi connectivity index (χ2n) is 2.47. The standard InChI is InChI=1S/C8H7N3O/c9-6-4-11-8-5(7(6)12)2-1-3-10-8/h1-4H,9H2,(H,10,11,12). The first-order valence-corrected chi connectivity index (χ1v) is 3.51. The molecule has 3 N–H and O–H groups in total. The molecular formula is C8H7N3O. The van der Waals surface area contributed by atoms with Crippen LogP contribution in [-0.4, -0.2) is 9.97 Å². The fraction of sp³-hybridized carbons (Fsp3) is 0. The predicted molar refractivity (Wildman–Crippen MR) is 46.8 cm³/mol. The molecule has 60 valence electrons. The molecule has 0 unspecified atom stereocenters. The number of aromatic amines is 1. The molecule has 0 saturated heterocycles. The molecule has 2 heterocycles. The van der Waals surface area contributed by atoms with Crippen molar-refractivity contribution in [1.82, 2.24) is 9.97 Å². The molecule has 0 aromatic carbocycles. The maximum absolute atomic E-state index is 11.3. The molecule has 0 atom stereocenters. The monoisotopic (exact) mass is 161 g/mol. The van der Waals surface area contributed by atoms with Crippen LogP contribution >= 0.6 is 0 Å². The zero-order chi connectivity index (χ0) is 8.55. The third kappa shape index (κ3) is 0.852. The fourth-order valence-corrected chi connectivity index (χ4v) is 1.07. The quantitative estimate of drug-likeness (QED) is 0.591. The second-order valence-corrected chi connectivity index (χ2v) is 2.47. The van der Waals surface area contributed by atoms with Gasteiger partial charge in [0, 0.05) is 12.4 Å². The van der Waals surface area contributed by atoms with E-state index in [0.717, 1.165) is 0 Å². The maximum Gasteiger partial charge on any atom is 0.213 e. The molecule has 0 amide bonds. The van der Waals surface area contributed by atoms with E-state index < -0.39 is 0 Å². The van der Waals surface area contributed by atoms with Gasteiger partial charge in [0.2, 0.25) is 5.43 Å². The van der Waals surface area contributed by atoms with Gasteiger partial charge in [0.25, 0.3) is 0 Å². The number of pyridine rings is 2. The number of nitrogens with two attached hydrogens (primary N) is 1. The maximum atomic E-state index is 11.3. The highest BCUT2D eigenvalue weighted by molar-refractivity contribution is 5.76. The number of hydrogen-bond donors (Lipinski definition) is 2. The Morgan fingerprint density at radius 2 is 2.33 bits per heavy atom. The topological polar surface area (TPSA) is 71.8 Å². The van der Waals surface area contributed by atoms with Crippen molar-refractivity contribution < 1.29 is 0 Å². The number of nitrogens with zero attached hydrogens (tertiary/aromatic N) is 1. The average Bonchev–Trinajstić information content (AvgIpc) is 2.12. The Bertz CT molecular complexity index is 475. The summed E-state index contributed by atoms with van der Waals surface area (Å²) in [5, 5.41) is 0.525. The molecule has 0 radical (unpaired) electrons. The third-order valence-electron chi connectivity index (χ3n) is 1.68. The minimum atomic E-state index is -0.170. The summed E-state index contributed by atoms with van der Waals surface area (Å²) in [5.41, 5.74) is 6.03. The van der Waals surface area contributed by atoms with Gasteiger partial charge in [-0.1, -0.05) is 0 Å². The van der Waals surface area contributed by atoms with Gasteiger partial charge in [-0.2, -0.15) is 0 Å². The van der Waals surface area contributed by atoms with Crippen LogP contribution in [0, 0.1) is 0 Å². The van der Waals surface area contributed by atoms with Gasteiger partial charge >= 0.3 is 0 Å². The van der Waals surface area contributed by atoms with Gasteiger partial charge < -0.3 is 10.7 Å². The summed E-state index contributed by atoms with van der Waals surface area (Å²) >= 11 is 0. The molecule has 0 saturated carbocycles. The van der Waals surface area contributed by atoms with Crippen LogP contribution in [0.25, 0.3) is 11.0 Å². The lowest BCUT2D eigenvalue weighted by Crippen LogP contribution is -2.09. The Morgan fingerprint density at radius 1 is 1.50 bits per heavy atom. The molecule has 2 aromatic heterocycles. The van der Waals surface area contributed by atoms with Crippen molar-refractivity contribution in [3.63, 3.8) is 0 Å². The molecular weight excluding hydrogens is 154 g/mol. The van der Waals surface area contributed by atoms with E-state index in [1.165, 1.54) is 6.20 Å². The lowest BCUT2D eigenvalue weighted by atomic mass is 10.2. The summed E-state index contributed by atoms with van der Waals surface area (Å²) in [4.78, 5) is 18.1. The highest BCUT2D eigenvalue weighted by Gasteiger charge is 2.00. The van der Waals surface area contributed by atoms with E-state index in [1.54, 1.807) is 18.3 Å². The van der Waals surface area contributed by atoms with Gasteiger partial charge in [-0.3, -0.25) is 4.79 Å². The van der Waals surface area contributed by atoms with Gasteiger partial charge in [-0.15, -0.1) is 0 Å². The summed E-state index contributed by atoms with van der Waals surface area (Å²) < 4.78 is 0. The van der Waals surface area contributed by atoms with Crippen LogP contribution in [0.15, 0.2) is 29.3 Å². The van der Waals surface area contributed by atoms with Crippen molar-refractivity contribution in [2.24, 2.45) is 0 Å². The molecule has 0 bridgehead atoms. The minimum absolute atomic E-state index is 0.170. The first-order valence-electron chi connectivity index (χ1n) is 3.51. The molecule has 4 nitrogen and oxygen atoms in total. The number of H-pyrrole nitrogens is 1. The highest BCUT2D eigenvalue weighted by atomic mass is 16.1. The molecule has 12 heavy (non-hydrogen) atoms. The number of nitrogens with one attached hydrogen (secondary N) is 1. The summed E-state index contributed by atoms with van der Waals surface area (Å²) in [5.74, 6) is 0. The van der Waals surface area contributed by atoms with Crippen molar-refractivity contribution in [3.8, 4) is 0 Å². The van der Waals surface area contributed by atoms with E-state index in [1.807, 2.05) is 0 Å². The largest absolute Gasteiger partial charge is 0.394 e. The summed E-state index contributed by atoms with van der Waals surface area (Å²) in [7, 11) is 0. The molecule has 2 aromatic rings. The Labute approximate surface area is 68.1 Å². The van der Waals surface area contributed by atoms with E-state index in [-0.39, 0.29) is 11.1 Å². The molecule has 0 aliphatic rings. The van der Waals surface area contributed by atoms with Gasteiger partial charge in [-0.05, 0) is 12.1 Å². The summed E-state index contributed by atoms with van der Waals surface area (Å²) in [6, 6.07) is 3.40. The predicted octanol–water partition coefficient (Wildman–Crippen LogP) is 0.505. The number of nitrogen functional groups attached to an aromatic ring is 1. The first-order chi connectivity index (χ1) is 5.79. The molecule has 2 rings (SSSR count). The van der Waals surface area contributed by atoms with Crippen LogP contribution in [0.3, 0.4) is 0 Å². The van der Waals surface area contributed by atoms with Crippen molar-refractivity contribution in [2.45, 2.75) is 0 Å². The van der Waals surface area contributed by atoms with Gasteiger partial charge in [0.1, 0.15) is 5.65 Å². The zero-order valence-electron chi connectivity index (χ0n) is 6.24. The first kappa shape index (κ1) is 6.84. The van der Waals surface area contributed by atoms with Crippen LogP contribution in [0.4, 0.5) is 5.69 Å². The molecule has 0 aliphatic carbocycles. The van der Waals surface area contributed by atoms with Crippen LogP contribution in [0.5, 0.6) is 0 Å². The minimum Gasteiger partial charge on any atom is -0.394 e. The SMILES string of the molecule is Nc1c[nH]c2ncccc2c1=O. The lowest BCUT2D eigenvalue weighted by Gasteiger charge is -1.95. The third-order valence-corrected chi connectivity index (χ3v) is 1.68. The van der Waals surface area contributed by atoms with E-state index in [0.29, 0.717) is 11.0 Å². The molecule has 4 heteroatoms. The zero-order valence-corrected chi connectivity index (χ0v) is 6.24. The van der Waals surface area contributed by atoms with Crippen molar-refractivity contribution in [3.05, 3.63) is 34.7 Å². The van der Waals surface area contributed by atoms with Crippen LogP contribution < -0.4 is 11.2 Å². The average molecular weight is 161 g/mol. The van der Waals surface area contributed by atoms with Gasteiger partial charge in [-0.25, -0.2) is 4.98 Å². The summed E-state index contributed by atoms with van der Waals surface area (Å²) in [6.45, 7) is 0. The number of fused-ring (bicyclic) bond motifs is 1. The number of rotatable bonds is 0. The second kappa shape index (κ2) is 2.34. The normalized spacial score (nSPS) is 10.3. The van der Waals surface area contributed by atoms with E-state index in [4.69, 9.17) is 5.73 Å². The van der Waals surface area contributed by atoms with Crippen molar-refractivity contribution in [1.29, 1.82) is 0 Å². The molecule has 0 fully saturated rings. The summed E-state index contributed by atoms with van der Waals surface area (Å²) in [6.07, 6.45) is 3.08. The fourth-order valence-electron chi connectivity index (χ4n) is 1.07. The van der Waals surface area contributed by atoms with Crippen LogP contribution in [-0.2, 0) is 0 Å². The highest BCUT2D eigenvalue weighted by Crippen LogP contribution is 2.03. The Morgan fingerprint density at radius 3 is 3.17 bits per heavy atom. The van der Waals surface area contributed by atoms with Gasteiger partial charge in [0.05, 0.1) is 11.1 Å². The van der Waals surface area contributed by atoms with Crippen molar-refractivity contribution >= 4 is 16.7 Å². The molecule has 0 aliphatic heterocycles. The Kier molecular flexibility index (Phi) is 1.33. The number of hydrogen-bond acceptors (Lipinski definition) is 3. The van der Waals surface area contributed by atoms with Crippen molar-refractivity contribution in [2.75, 3.05) is 5.73 Å². The number of anilines is 1. The van der Waals surface area contributed by atoms with E-state index in [2.05, 4.69) is 9.97 Å². The smallest absolute Gasteiger partial charge is 0.213 e. The number of aromatic nitrogens is 2. The Balaban J connectivity index is 3.01. The van der Waals surface area contributed by atoms with Gasteiger partial charge in [0.15, 0.2) is 0 Å². The van der Waals surface area contributed by atoms with E-state index in [9.17, 15) is 4.79 Å². The van der Waals surface area contributed by atoms with E-state index >= 15 is 0 Å². The van der Waals surface area contributed by atoms with Crippen LogP contribution in [0.2, 0.25) is 0 Å². The lowest BCUT2D eigenvalue weighted by molar-refractivity contribution is 1.28. The Hall–Kier alpha value is -1.84. The van der Waals surface area contributed by atoms with Crippen LogP contribution in [0.1, 0.15) is 0 Å². The molecule has 0 spiro atoms.